The molecule has 0 saturated carbocycles. The fourth-order valence-corrected chi connectivity index (χ4v) is 2.52. The van der Waals surface area contributed by atoms with E-state index in [-0.39, 0.29) is 5.41 Å². The summed E-state index contributed by atoms with van der Waals surface area (Å²) in [5.41, 5.74) is 1.42. The minimum absolute atomic E-state index is 0.102. The van der Waals surface area contributed by atoms with E-state index in [0.29, 0.717) is 0 Å². The smallest absolute Gasteiger partial charge is 0.0406 e. The summed E-state index contributed by atoms with van der Waals surface area (Å²) < 4.78 is 0. The van der Waals surface area contributed by atoms with Crippen LogP contribution in [0.3, 0.4) is 0 Å². The third-order valence-electron chi connectivity index (χ3n) is 3.29. The molecular weight excluding hydrogens is 220 g/mol. The van der Waals surface area contributed by atoms with Gasteiger partial charge in [0.2, 0.25) is 0 Å². The Morgan fingerprint density at radius 2 is 1.88 bits per heavy atom. The maximum Gasteiger partial charge on any atom is 0.0406 e. The van der Waals surface area contributed by atoms with Gasteiger partial charge in [0.1, 0.15) is 0 Å². The SMILES string of the molecule is CN=CC1(c2ccc(Cl)cc2)CCNCC1. The number of hydrogen-bond donors (Lipinski definition) is 1. The van der Waals surface area contributed by atoms with Crippen LogP contribution < -0.4 is 5.32 Å². The van der Waals surface area contributed by atoms with Gasteiger partial charge >= 0.3 is 0 Å². The molecule has 0 aliphatic carbocycles. The predicted octanol–water partition coefficient (Wildman–Crippen LogP) is 2.66. The average molecular weight is 237 g/mol. The van der Waals surface area contributed by atoms with Crippen molar-refractivity contribution in [3.8, 4) is 0 Å². The van der Waals surface area contributed by atoms with Crippen molar-refractivity contribution in [2.75, 3.05) is 20.1 Å². The Balaban J connectivity index is 2.34. The molecule has 86 valence electrons. The maximum atomic E-state index is 5.93. The normalized spacial score (nSPS) is 20.1. The van der Waals surface area contributed by atoms with Crippen molar-refractivity contribution in [3.05, 3.63) is 34.9 Å². The zero-order valence-corrected chi connectivity index (χ0v) is 10.3. The predicted molar refractivity (Wildman–Crippen MR) is 69.6 cm³/mol. The molecule has 2 rings (SSSR count). The molecule has 0 atom stereocenters. The van der Waals surface area contributed by atoms with E-state index in [1.807, 2.05) is 19.2 Å². The van der Waals surface area contributed by atoms with E-state index >= 15 is 0 Å². The van der Waals surface area contributed by atoms with Gasteiger partial charge in [-0.1, -0.05) is 23.7 Å². The molecule has 0 spiro atoms. The number of piperidine rings is 1. The summed E-state index contributed by atoms with van der Waals surface area (Å²) in [6.07, 6.45) is 4.30. The van der Waals surface area contributed by atoms with Gasteiger partial charge in [0, 0.05) is 23.7 Å². The second-order valence-corrected chi connectivity index (χ2v) is 4.74. The third kappa shape index (κ3) is 2.28. The molecule has 16 heavy (non-hydrogen) atoms. The number of aliphatic imine (C=N–C) groups is 1. The van der Waals surface area contributed by atoms with Gasteiger partial charge in [-0.3, -0.25) is 4.99 Å². The fraction of sp³-hybridized carbons (Fsp3) is 0.462. The van der Waals surface area contributed by atoms with E-state index in [1.165, 1.54) is 5.56 Å². The largest absolute Gasteiger partial charge is 0.317 e. The van der Waals surface area contributed by atoms with Gasteiger partial charge < -0.3 is 5.32 Å². The highest BCUT2D eigenvalue weighted by Gasteiger charge is 2.31. The van der Waals surface area contributed by atoms with Crippen LogP contribution >= 0.6 is 11.6 Å². The van der Waals surface area contributed by atoms with Crippen LogP contribution in [0, 0.1) is 0 Å². The number of rotatable bonds is 2. The first kappa shape index (κ1) is 11.6. The lowest BCUT2D eigenvalue weighted by Gasteiger charge is -2.34. The topological polar surface area (TPSA) is 24.4 Å². The van der Waals surface area contributed by atoms with E-state index in [9.17, 15) is 0 Å². The van der Waals surface area contributed by atoms with Gasteiger partial charge in [-0.05, 0) is 43.6 Å². The molecule has 1 fully saturated rings. The quantitative estimate of drug-likeness (QED) is 0.785. The van der Waals surface area contributed by atoms with Gasteiger partial charge in [-0.15, -0.1) is 0 Å². The summed E-state index contributed by atoms with van der Waals surface area (Å²) in [6, 6.07) is 8.17. The molecule has 1 aliphatic rings. The molecule has 1 aliphatic heterocycles. The molecule has 1 saturated heterocycles. The lowest BCUT2D eigenvalue weighted by molar-refractivity contribution is 0.403. The van der Waals surface area contributed by atoms with Crippen molar-refractivity contribution >= 4 is 17.8 Å². The standard InChI is InChI=1S/C13H17ClN2/c1-15-10-13(6-8-16-9-7-13)11-2-4-12(14)5-3-11/h2-5,10,16H,6-9H2,1H3. The van der Waals surface area contributed by atoms with Crippen LogP contribution in [-0.4, -0.2) is 26.4 Å². The van der Waals surface area contributed by atoms with Crippen LogP contribution in [0.2, 0.25) is 5.02 Å². The molecule has 3 heteroatoms. The van der Waals surface area contributed by atoms with Crippen LogP contribution in [0.25, 0.3) is 0 Å². The van der Waals surface area contributed by atoms with Crippen molar-refractivity contribution in [2.24, 2.45) is 4.99 Å². The Labute approximate surface area is 102 Å². The summed E-state index contributed by atoms with van der Waals surface area (Å²) in [6.45, 7) is 2.10. The minimum Gasteiger partial charge on any atom is -0.317 e. The zero-order valence-electron chi connectivity index (χ0n) is 9.54. The zero-order chi connectivity index (χ0) is 11.4. The Morgan fingerprint density at radius 3 is 2.44 bits per heavy atom. The van der Waals surface area contributed by atoms with E-state index in [4.69, 9.17) is 11.6 Å². The van der Waals surface area contributed by atoms with Crippen molar-refractivity contribution in [3.63, 3.8) is 0 Å². The third-order valence-corrected chi connectivity index (χ3v) is 3.54. The number of halogens is 1. The molecule has 0 aromatic heterocycles. The lowest BCUT2D eigenvalue weighted by atomic mass is 9.74. The second kappa shape index (κ2) is 4.98. The van der Waals surface area contributed by atoms with E-state index in [2.05, 4.69) is 28.7 Å². The number of benzene rings is 1. The minimum atomic E-state index is 0.102. The number of hydrogen-bond acceptors (Lipinski definition) is 2. The van der Waals surface area contributed by atoms with E-state index in [1.54, 1.807) is 0 Å². The summed E-state index contributed by atoms with van der Waals surface area (Å²) in [4.78, 5) is 4.24. The monoisotopic (exact) mass is 236 g/mol. The second-order valence-electron chi connectivity index (χ2n) is 4.30. The van der Waals surface area contributed by atoms with Crippen LogP contribution in [-0.2, 0) is 5.41 Å². The molecule has 0 radical (unpaired) electrons. The van der Waals surface area contributed by atoms with Crippen molar-refractivity contribution in [1.29, 1.82) is 0 Å². The Hall–Kier alpha value is -0.860. The molecule has 0 bridgehead atoms. The Kier molecular flexibility index (Phi) is 3.62. The summed E-state index contributed by atoms with van der Waals surface area (Å²) in [5, 5.41) is 4.18. The van der Waals surface area contributed by atoms with Crippen LogP contribution in [0.4, 0.5) is 0 Å². The van der Waals surface area contributed by atoms with Gasteiger partial charge in [0.15, 0.2) is 0 Å². The summed E-state index contributed by atoms with van der Waals surface area (Å²) in [7, 11) is 1.85. The highest BCUT2D eigenvalue weighted by Crippen LogP contribution is 2.32. The Bertz CT molecular complexity index is 364. The highest BCUT2D eigenvalue weighted by atomic mass is 35.5. The molecule has 1 aromatic rings. The van der Waals surface area contributed by atoms with Crippen LogP contribution in [0.1, 0.15) is 18.4 Å². The van der Waals surface area contributed by atoms with E-state index < -0.39 is 0 Å². The van der Waals surface area contributed by atoms with Gasteiger partial charge in [0.05, 0.1) is 0 Å². The first-order valence-corrected chi connectivity index (χ1v) is 6.05. The van der Waals surface area contributed by atoms with Gasteiger partial charge in [0.25, 0.3) is 0 Å². The number of nitrogens with one attached hydrogen (secondary N) is 1. The first-order chi connectivity index (χ1) is 7.77. The van der Waals surface area contributed by atoms with Crippen molar-refractivity contribution in [2.45, 2.75) is 18.3 Å². The van der Waals surface area contributed by atoms with E-state index in [0.717, 1.165) is 31.0 Å². The molecular formula is C13H17ClN2. The van der Waals surface area contributed by atoms with Crippen molar-refractivity contribution < 1.29 is 0 Å². The van der Waals surface area contributed by atoms with Crippen molar-refractivity contribution in [1.82, 2.24) is 5.32 Å². The van der Waals surface area contributed by atoms with Gasteiger partial charge in [-0.25, -0.2) is 0 Å². The Morgan fingerprint density at radius 1 is 1.25 bits per heavy atom. The number of nitrogens with zero attached hydrogens (tertiary/aromatic N) is 1. The fourth-order valence-electron chi connectivity index (χ4n) is 2.39. The summed E-state index contributed by atoms with van der Waals surface area (Å²) >= 11 is 5.93. The summed E-state index contributed by atoms with van der Waals surface area (Å²) in [5.74, 6) is 0. The van der Waals surface area contributed by atoms with Crippen LogP contribution in [0.5, 0.6) is 0 Å². The first-order valence-electron chi connectivity index (χ1n) is 5.67. The van der Waals surface area contributed by atoms with Gasteiger partial charge in [-0.2, -0.15) is 0 Å². The molecule has 1 N–H and O–H groups in total. The molecule has 1 heterocycles. The molecule has 1 aromatic carbocycles. The molecule has 0 amide bonds. The average Bonchev–Trinajstić information content (AvgIpc) is 2.31. The maximum absolute atomic E-state index is 5.93. The lowest BCUT2D eigenvalue weighted by Crippen LogP contribution is -2.41. The highest BCUT2D eigenvalue weighted by molar-refractivity contribution is 6.30. The molecule has 0 unspecified atom stereocenters. The van der Waals surface area contributed by atoms with Crippen LogP contribution in [0.15, 0.2) is 29.3 Å². The molecule has 2 nitrogen and oxygen atoms in total.